The molecule has 2 aromatic rings. The van der Waals surface area contributed by atoms with Crippen LogP contribution in [0.15, 0.2) is 30.3 Å². The third-order valence-corrected chi connectivity index (χ3v) is 8.80. The van der Waals surface area contributed by atoms with Crippen LogP contribution < -0.4 is 9.80 Å². The Bertz CT molecular complexity index is 1370. The van der Waals surface area contributed by atoms with Gasteiger partial charge >= 0.3 is 5.97 Å². The monoisotopic (exact) mass is 597 g/mol. The average Bonchev–Trinajstić information content (AvgIpc) is 3.38. The van der Waals surface area contributed by atoms with Gasteiger partial charge in [-0.05, 0) is 30.3 Å². The number of fused-ring (bicyclic) bond motifs is 4. The van der Waals surface area contributed by atoms with E-state index in [0.29, 0.717) is 34.1 Å². The number of carbonyl (C=O) groups is 4. The molecule has 3 aliphatic heterocycles. The third kappa shape index (κ3) is 3.92. The van der Waals surface area contributed by atoms with E-state index < -0.39 is 41.4 Å². The van der Waals surface area contributed by atoms with Crippen LogP contribution in [0.25, 0.3) is 0 Å². The first-order chi connectivity index (χ1) is 17.9. The van der Waals surface area contributed by atoms with Crippen molar-refractivity contribution >= 4 is 82.0 Å². The van der Waals surface area contributed by atoms with E-state index in [1.807, 2.05) is 11.8 Å². The Morgan fingerprint density at radius 1 is 1.08 bits per heavy atom. The zero-order valence-electron chi connectivity index (χ0n) is 20.6. The fourth-order valence-corrected chi connectivity index (χ4v) is 7.73. The first-order valence-corrected chi connectivity index (χ1v) is 13.4. The molecule has 2 saturated heterocycles. The molecule has 12 heteroatoms. The summed E-state index contributed by atoms with van der Waals surface area (Å²) in [5, 5.41) is 1.16. The van der Waals surface area contributed by atoms with Gasteiger partial charge in [0.1, 0.15) is 11.6 Å². The second-order valence-electron chi connectivity index (χ2n) is 9.86. The van der Waals surface area contributed by atoms with Gasteiger partial charge in [0.2, 0.25) is 12.3 Å². The molecule has 0 aliphatic carbocycles. The Morgan fingerprint density at radius 3 is 2.32 bits per heavy atom. The van der Waals surface area contributed by atoms with E-state index in [9.17, 15) is 19.2 Å². The Kier molecular flexibility index (Phi) is 6.93. The van der Waals surface area contributed by atoms with E-state index in [0.717, 1.165) is 4.90 Å². The predicted octanol–water partition coefficient (Wildman–Crippen LogP) is 4.93. The Labute approximate surface area is 239 Å². The van der Waals surface area contributed by atoms with Crippen molar-refractivity contribution in [3.63, 3.8) is 0 Å². The highest BCUT2D eigenvalue weighted by Crippen LogP contribution is 2.60. The molecule has 0 bridgehead atoms. The van der Waals surface area contributed by atoms with Crippen LogP contribution in [-0.2, 0) is 29.5 Å². The molecular weight excluding hydrogens is 576 g/mol. The number of halogens is 4. The minimum Gasteiger partial charge on any atom is -0.461 e. The van der Waals surface area contributed by atoms with Crippen molar-refractivity contribution in [2.24, 2.45) is 11.8 Å². The highest BCUT2D eigenvalue weighted by atomic mass is 35.5. The molecule has 0 aromatic heterocycles. The average molecular weight is 599 g/mol. The van der Waals surface area contributed by atoms with Crippen molar-refractivity contribution in [2.75, 3.05) is 23.4 Å². The van der Waals surface area contributed by atoms with Gasteiger partial charge in [0.05, 0.1) is 22.3 Å². The SMILES string of the molecule is CC(=O)OC1CC2C(C(=O)N(C=O)c3cc(Cl)cc(Cl)c3)C(C)C3(C(=O)N(C)c4c(Cl)cc(Cl)cc43)N2C1. The van der Waals surface area contributed by atoms with E-state index in [2.05, 4.69) is 0 Å². The smallest absolute Gasteiger partial charge is 0.302 e. The van der Waals surface area contributed by atoms with Crippen LogP contribution in [0.2, 0.25) is 20.1 Å². The quantitative estimate of drug-likeness (QED) is 0.366. The zero-order valence-corrected chi connectivity index (χ0v) is 23.6. The van der Waals surface area contributed by atoms with E-state index in [-0.39, 0.29) is 28.2 Å². The number of carbonyl (C=O) groups excluding carboxylic acids is 4. The summed E-state index contributed by atoms with van der Waals surface area (Å²) in [6.45, 7) is 3.34. The number of amides is 3. The minimum absolute atomic E-state index is 0.207. The van der Waals surface area contributed by atoms with Gasteiger partial charge in [-0.15, -0.1) is 0 Å². The lowest BCUT2D eigenvalue weighted by Gasteiger charge is -2.37. The van der Waals surface area contributed by atoms with Gasteiger partial charge < -0.3 is 9.64 Å². The van der Waals surface area contributed by atoms with Gasteiger partial charge in [-0.2, -0.15) is 0 Å². The van der Waals surface area contributed by atoms with E-state index in [1.165, 1.54) is 30.0 Å². The maximum Gasteiger partial charge on any atom is 0.302 e. The maximum absolute atomic E-state index is 14.2. The van der Waals surface area contributed by atoms with Crippen molar-refractivity contribution < 1.29 is 23.9 Å². The summed E-state index contributed by atoms with van der Waals surface area (Å²) < 4.78 is 5.53. The summed E-state index contributed by atoms with van der Waals surface area (Å²) >= 11 is 25.3. The molecule has 0 saturated carbocycles. The van der Waals surface area contributed by atoms with E-state index in [1.54, 1.807) is 19.2 Å². The maximum atomic E-state index is 14.2. The lowest BCUT2D eigenvalue weighted by Crippen LogP contribution is -2.53. The lowest BCUT2D eigenvalue weighted by molar-refractivity contribution is -0.146. The summed E-state index contributed by atoms with van der Waals surface area (Å²) in [6.07, 6.45) is 0.153. The van der Waals surface area contributed by atoms with Gasteiger partial charge in [0.15, 0.2) is 0 Å². The summed E-state index contributed by atoms with van der Waals surface area (Å²) in [4.78, 5) is 56.7. The number of hydrogen-bond donors (Lipinski definition) is 0. The molecule has 5 unspecified atom stereocenters. The normalized spacial score (nSPS) is 28.0. The Morgan fingerprint density at radius 2 is 1.71 bits per heavy atom. The first kappa shape index (κ1) is 27.2. The molecule has 5 atom stereocenters. The van der Waals surface area contributed by atoms with Crippen LogP contribution >= 0.6 is 46.4 Å². The van der Waals surface area contributed by atoms with Crippen LogP contribution in [0.5, 0.6) is 0 Å². The van der Waals surface area contributed by atoms with Gasteiger partial charge in [0, 0.05) is 59.5 Å². The summed E-state index contributed by atoms with van der Waals surface area (Å²) in [5.74, 6) is -2.72. The van der Waals surface area contributed by atoms with Crippen molar-refractivity contribution in [1.29, 1.82) is 0 Å². The van der Waals surface area contributed by atoms with Crippen LogP contribution in [-0.4, -0.2) is 54.8 Å². The van der Waals surface area contributed by atoms with Gasteiger partial charge in [-0.25, -0.2) is 0 Å². The number of rotatable bonds is 4. The molecular formula is C26H23Cl4N3O5. The van der Waals surface area contributed by atoms with Crippen molar-refractivity contribution in [1.82, 2.24) is 4.90 Å². The molecule has 8 nitrogen and oxygen atoms in total. The molecule has 3 amide bonds. The highest BCUT2D eigenvalue weighted by molar-refractivity contribution is 6.38. The van der Waals surface area contributed by atoms with Gasteiger partial charge in [0.25, 0.3) is 5.91 Å². The zero-order chi connectivity index (χ0) is 27.7. The van der Waals surface area contributed by atoms with Gasteiger partial charge in [-0.1, -0.05) is 53.3 Å². The molecule has 2 aromatic carbocycles. The molecule has 2 fully saturated rings. The van der Waals surface area contributed by atoms with E-state index in [4.69, 9.17) is 51.1 Å². The molecule has 3 aliphatic rings. The number of benzene rings is 2. The number of likely N-dealkylation sites (N-methyl/N-ethyl adjacent to an activating group) is 1. The number of esters is 1. The minimum atomic E-state index is -1.32. The first-order valence-electron chi connectivity index (χ1n) is 11.9. The molecule has 3 heterocycles. The Balaban J connectivity index is 1.67. The standard InChI is InChI=1S/C26H23Cl4N3O5/c1-12-22(24(36)32(11-34)17-5-14(27)4-15(28)6-17)21-9-18(38-13(2)35)10-33(21)26(12)19-7-16(29)8-20(30)23(19)31(3)25(26)37/h4-8,11-12,18,21-22H,9-10H2,1-3H3. The molecule has 1 spiro atoms. The summed E-state index contributed by atoms with van der Waals surface area (Å²) in [6, 6.07) is 7.15. The van der Waals surface area contributed by atoms with Crippen molar-refractivity contribution in [3.05, 3.63) is 56.0 Å². The third-order valence-electron chi connectivity index (χ3n) is 7.86. The summed E-state index contributed by atoms with van der Waals surface area (Å²) in [5.41, 5.74) is -0.0381. The fourth-order valence-electron chi connectivity index (χ4n) is 6.59. The molecule has 5 rings (SSSR count). The lowest BCUT2D eigenvalue weighted by atomic mass is 9.74. The van der Waals surface area contributed by atoms with Crippen molar-refractivity contribution in [3.8, 4) is 0 Å². The molecule has 0 radical (unpaired) electrons. The second kappa shape index (κ2) is 9.68. The van der Waals surface area contributed by atoms with E-state index >= 15 is 0 Å². The molecule has 0 N–H and O–H groups in total. The highest BCUT2D eigenvalue weighted by Gasteiger charge is 2.70. The second-order valence-corrected chi connectivity index (χ2v) is 11.6. The Hall–Kier alpha value is -2.36. The van der Waals surface area contributed by atoms with Crippen LogP contribution in [0.3, 0.4) is 0 Å². The van der Waals surface area contributed by atoms with Crippen LogP contribution in [0.4, 0.5) is 11.4 Å². The number of ether oxygens (including phenoxy) is 1. The predicted molar refractivity (Wildman–Crippen MR) is 145 cm³/mol. The van der Waals surface area contributed by atoms with Crippen LogP contribution in [0.1, 0.15) is 25.8 Å². The van der Waals surface area contributed by atoms with Crippen molar-refractivity contribution in [2.45, 2.75) is 38.0 Å². The summed E-state index contributed by atoms with van der Waals surface area (Å²) in [7, 11) is 1.62. The topological polar surface area (TPSA) is 87.2 Å². The van der Waals surface area contributed by atoms with Crippen LogP contribution in [0, 0.1) is 11.8 Å². The number of anilines is 2. The number of imide groups is 1. The fraction of sp³-hybridized carbons (Fsp3) is 0.385. The molecule has 38 heavy (non-hydrogen) atoms. The number of nitrogens with zero attached hydrogens (tertiary/aromatic N) is 3. The molecule has 200 valence electrons. The van der Waals surface area contributed by atoms with Gasteiger partial charge in [-0.3, -0.25) is 29.0 Å². The number of hydrogen-bond acceptors (Lipinski definition) is 6. The largest absolute Gasteiger partial charge is 0.461 e.